The van der Waals surface area contributed by atoms with E-state index in [1.165, 1.54) is 20.3 Å². The number of rotatable bonds is 5. The number of anilines is 1. The van der Waals surface area contributed by atoms with Crippen LogP contribution in [0.2, 0.25) is 5.02 Å². The Kier molecular flexibility index (Phi) is 6.04. The molecule has 1 N–H and O–H groups in total. The minimum Gasteiger partial charge on any atom is -0.496 e. The molecule has 0 radical (unpaired) electrons. The lowest BCUT2D eigenvalue weighted by molar-refractivity contribution is -0.112. The molecule has 0 saturated heterocycles. The Morgan fingerprint density at radius 3 is 2.48 bits per heavy atom. The van der Waals surface area contributed by atoms with Crippen molar-refractivity contribution in [1.29, 1.82) is 5.26 Å². The minimum absolute atomic E-state index is 0.0795. The number of aryl methyl sites for hydroxylation is 1. The lowest BCUT2D eigenvalue weighted by atomic mass is 10.1. The quantitative estimate of drug-likeness (QED) is 0.643. The molecule has 0 bridgehead atoms. The maximum Gasteiger partial charge on any atom is 0.266 e. The third-order valence-electron chi connectivity index (χ3n) is 3.46. The van der Waals surface area contributed by atoms with Gasteiger partial charge in [-0.2, -0.15) is 5.26 Å². The predicted molar refractivity (Wildman–Crippen MR) is 98.0 cm³/mol. The van der Waals surface area contributed by atoms with E-state index in [9.17, 15) is 10.1 Å². The molecular formula is C19H17ClN2O3. The number of carbonyl (C=O) groups is 1. The number of halogens is 1. The summed E-state index contributed by atoms with van der Waals surface area (Å²) in [5, 5.41) is 12.5. The fourth-order valence-electron chi connectivity index (χ4n) is 2.23. The molecule has 0 atom stereocenters. The first-order valence-electron chi connectivity index (χ1n) is 7.39. The molecule has 25 heavy (non-hydrogen) atoms. The van der Waals surface area contributed by atoms with Crippen LogP contribution in [0.5, 0.6) is 11.5 Å². The lowest BCUT2D eigenvalue weighted by Crippen LogP contribution is -2.14. The summed E-state index contributed by atoms with van der Waals surface area (Å²) in [4.78, 5) is 12.5. The molecule has 0 saturated carbocycles. The molecule has 0 aliphatic rings. The largest absolute Gasteiger partial charge is 0.496 e. The van der Waals surface area contributed by atoms with Gasteiger partial charge < -0.3 is 14.8 Å². The molecule has 128 valence electrons. The monoisotopic (exact) mass is 356 g/mol. The number of methoxy groups -OCH3 is 2. The van der Waals surface area contributed by atoms with E-state index < -0.39 is 5.91 Å². The molecule has 5 nitrogen and oxygen atoms in total. The highest BCUT2D eigenvalue weighted by molar-refractivity contribution is 6.30. The number of nitriles is 1. The van der Waals surface area contributed by atoms with Gasteiger partial charge in [-0.3, -0.25) is 4.79 Å². The van der Waals surface area contributed by atoms with E-state index >= 15 is 0 Å². The summed E-state index contributed by atoms with van der Waals surface area (Å²) in [7, 11) is 3.02. The van der Waals surface area contributed by atoms with Gasteiger partial charge in [-0.05, 0) is 48.9 Å². The first-order valence-corrected chi connectivity index (χ1v) is 7.77. The van der Waals surface area contributed by atoms with Gasteiger partial charge >= 0.3 is 0 Å². The molecule has 0 aliphatic heterocycles. The van der Waals surface area contributed by atoms with Crippen LogP contribution >= 0.6 is 11.6 Å². The van der Waals surface area contributed by atoms with Crippen LogP contribution in [0, 0.1) is 18.3 Å². The van der Waals surface area contributed by atoms with Crippen molar-refractivity contribution in [3.8, 4) is 17.6 Å². The Morgan fingerprint density at radius 2 is 1.84 bits per heavy atom. The maximum atomic E-state index is 12.5. The van der Waals surface area contributed by atoms with Crippen molar-refractivity contribution in [2.24, 2.45) is 0 Å². The number of hydrogen-bond acceptors (Lipinski definition) is 4. The summed E-state index contributed by atoms with van der Waals surface area (Å²) in [6, 6.07) is 12.3. The maximum absolute atomic E-state index is 12.5. The van der Waals surface area contributed by atoms with Crippen molar-refractivity contribution in [1.82, 2.24) is 0 Å². The molecule has 1 amide bonds. The smallest absolute Gasteiger partial charge is 0.266 e. The first kappa shape index (κ1) is 18.4. The van der Waals surface area contributed by atoms with Crippen molar-refractivity contribution in [2.45, 2.75) is 6.92 Å². The molecule has 2 aromatic rings. The summed E-state index contributed by atoms with van der Waals surface area (Å²) < 4.78 is 10.5. The van der Waals surface area contributed by atoms with Crippen LogP contribution in [0.3, 0.4) is 0 Å². The van der Waals surface area contributed by atoms with Gasteiger partial charge in [0.05, 0.1) is 19.9 Å². The van der Waals surface area contributed by atoms with Crippen molar-refractivity contribution < 1.29 is 14.3 Å². The second-order valence-corrected chi connectivity index (χ2v) is 5.65. The number of benzene rings is 2. The van der Waals surface area contributed by atoms with Crippen LogP contribution in [0.25, 0.3) is 6.08 Å². The van der Waals surface area contributed by atoms with Crippen LogP contribution < -0.4 is 14.8 Å². The molecule has 0 heterocycles. The topological polar surface area (TPSA) is 71.3 Å². The third-order valence-corrected chi connectivity index (χ3v) is 3.69. The molecule has 2 rings (SSSR count). The average molecular weight is 357 g/mol. The molecule has 0 unspecified atom stereocenters. The predicted octanol–water partition coefficient (Wildman–Crippen LogP) is 4.21. The standard InChI is InChI=1S/C19H17ClN2O3/c1-12-4-6-18(25-3)16(8-12)22-19(23)14(11-21)9-13-10-15(20)5-7-17(13)24-2/h4-10H,1-3H3,(H,22,23)/b14-9+. The zero-order valence-corrected chi connectivity index (χ0v) is 14.8. The van der Waals surface area contributed by atoms with Gasteiger partial charge in [0.1, 0.15) is 23.1 Å². The number of nitrogens with one attached hydrogen (secondary N) is 1. The van der Waals surface area contributed by atoms with Crippen LogP contribution in [0.15, 0.2) is 42.0 Å². The summed E-state index contributed by atoms with van der Waals surface area (Å²) in [6.45, 7) is 1.90. The van der Waals surface area contributed by atoms with Gasteiger partial charge in [0.2, 0.25) is 0 Å². The summed E-state index contributed by atoms with van der Waals surface area (Å²) in [5.74, 6) is 0.475. The second kappa shape index (κ2) is 8.22. The highest BCUT2D eigenvalue weighted by atomic mass is 35.5. The highest BCUT2D eigenvalue weighted by Crippen LogP contribution is 2.27. The Labute approximate surface area is 151 Å². The number of ether oxygens (including phenoxy) is 2. The van der Waals surface area contributed by atoms with Crippen LogP contribution in [-0.2, 0) is 4.79 Å². The third kappa shape index (κ3) is 4.52. The van der Waals surface area contributed by atoms with Gasteiger partial charge in [-0.1, -0.05) is 17.7 Å². The minimum atomic E-state index is -0.548. The summed E-state index contributed by atoms with van der Waals surface area (Å²) >= 11 is 5.98. The van der Waals surface area contributed by atoms with E-state index in [1.807, 2.05) is 19.1 Å². The average Bonchev–Trinajstić information content (AvgIpc) is 2.60. The van der Waals surface area contributed by atoms with Gasteiger partial charge in [-0.15, -0.1) is 0 Å². The van der Waals surface area contributed by atoms with Gasteiger partial charge in [0.15, 0.2) is 0 Å². The number of carbonyl (C=O) groups excluding carboxylic acids is 1. The fourth-order valence-corrected chi connectivity index (χ4v) is 2.41. The van der Waals surface area contributed by atoms with Gasteiger partial charge in [0.25, 0.3) is 5.91 Å². The van der Waals surface area contributed by atoms with E-state index in [0.717, 1.165) is 5.56 Å². The van der Waals surface area contributed by atoms with Gasteiger partial charge in [-0.25, -0.2) is 0 Å². The Bertz CT molecular complexity index is 869. The highest BCUT2D eigenvalue weighted by Gasteiger charge is 2.14. The molecule has 0 fully saturated rings. The Morgan fingerprint density at radius 1 is 1.16 bits per heavy atom. The SMILES string of the molecule is COc1ccc(Cl)cc1/C=C(\C#N)C(=O)Nc1cc(C)ccc1OC. The number of hydrogen-bond donors (Lipinski definition) is 1. The van der Waals surface area contributed by atoms with Crippen molar-refractivity contribution >= 4 is 29.3 Å². The molecule has 2 aromatic carbocycles. The van der Waals surface area contributed by atoms with E-state index in [4.69, 9.17) is 21.1 Å². The molecule has 0 aliphatic carbocycles. The van der Waals surface area contributed by atoms with Crippen LogP contribution in [-0.4, -0.2) is 20.1 Å². The molecular weight excluding hydrogens is 340 g/mol. The van der Waals surface area contributed by atoms with Crippen molar-refractivity contribution in [3.05, 3.63) is 58.1 Å². The van der Waals surface area contributed by atoms with Crippen molar-refractivity contribution in [2.75, 3.05) is 19.5 Å². The number of amides is 1. The van der Waals surface area contributed by atoms with E-state index in [1.54, 1.807) is 30.3 Å². The van der Waals surface area contributed by atoms with E-state index in [2.05, 4.69) is 5.32 Å². The molecule has 6 heteroatoms. The zero-order valence-electron chi connectivity index (χ0n) is 14.1. The second-order valence-electron chi connectivity index (χ2n) is 5.21. The summed E-state index contributed by atoms with van der Waals surface area (Å²) in [5.41, 5.74) is 1.91. The van der Waals surface area contributed by atoms with Gasteiger partial charge in [0, 0.05) is 10.6 Å². The molecule has 0 aromatic heterocycles. The lowest BCUT2D eigenvalue weighted by Gasteiger charge is -2.11. The first-order chi connectivity index (χ1) is 12.0. The van der Waals surface area contributed by atoms with E-state index in [0.29, 0.717) is 27.8 Å². The van der Waals surface area contributed by atoms with Crippen molar-refractivity contribution in [3.63, 3.8) is 0 Å². The Balaban J connectivity index is 2.36. The van der Waals surface area contributed by atoms with Crippen LogP contribution in [0.4, 0.5) is 5.69 Å². The van der Waals surface area contributed by atoms with E-state index in [-0.39, 0.29) is 5.57 Å². The van der Waals surface area contributed by atoms with Crippen LogP contribution in [0.1, 0.15) is 11.1 Å². The fraction of sp³-hybridized carbons (Fsp3) is 0.158. The zero-order chi connectivity index (χ0) is 18.4. The molecule has 0 spiro atoms. The number of nitrogens with zero attached hydrogens (tertiary/aromatic N) is 1. The summed E-state index contributed by atoms with van der Waals surface area (Å²) in [6.07, 6.45) is 1.43. The Hall–Kier alpha value is -2.97. The normalized spacial score (nSPS) is 10.8.